The maximum absolute atomic E-state index is 12.9. The number of nitrogens with zero attached hydrogens (tertiary/aromatic N) is 2. The summed E-state index contributed by atoms with van der Waals surface area (Å²) in [5.74, 6) is 0.770. The van der Waals surface area contributed by atoms with Crippen LogP contribution in [0.1, 0.15) is 21.5 Å². The highest BCUT2D eigenvalue weighted by atomic mass is 35.5. The number of benzene rings is 2. The number of amides is 1. The van der Waals surface area contributed by atoms with Crippen molar-refractivity contribution in [2.24, 2.45) is 0 Å². The summed E-state index contributed by atoms with van der Waals surface area (Å²) in [7, 11) is 3.09. The molecular weight excluding hydrogens is 372 g/mol. The first-order valence-electron chi connectivity index (χ1n) is 8.07. The van der Waals surface area contributed by atoms with E-state index in [-0.39, 0.29) is 22.2 Å². The van der Waals surface area contributed by atoms with Gasteiger partial charge in [-0.3, -0.25) is 14.9 Å². The molecule has 1 aliphatic heterocycles. The number of rotatable bonds is 4. The zero-order chi connectivity index (χ0) is 19.7. The number of hydrogen-bond acceptors (Lipinski definition) is 5. The van der Waals surface area contributed by atoms with Gasteiger partial charge < -0.3 is 14.4 Å². The third kappa shape index (κ3) is 3.33. The fraction of sp³-hybridized carbons (Fsp3) is 0.211. The van der Waals surface area contributed by atoms with Crippen molar-refractivity contribution in [2.45, 2.75) is 6.42 Å². The summed E-state index contributed by atoms with van der Waals surface area (Å²) in [6.07, 6.45) is 0.593. The zero-order valence-corrected chi connectivity index (χ0v) is 15.6. The van der Waals surface area contributed by atoms with Crippen LogP contribution in [0.4, 0.5) is 5.69 Å². The van der Waals surface area contributed by atoms with Crippen LogP contribution in [0.3, 0.4) is 0 Å². The molecule has 27 heavy (non-hydrogen) atoms. The minimum absolute atomic E-state index is 0.0174. The summed E-state index contributed by atoms with van der Waals surface area (Å²) >= 11 is 5.83. The topological polar surface area (TPSA) is 81.9 Å². The van der Waals surface area contributed by atoms with Crippen LogP contribution in [-0.4, -0.2) is 36.5 Å². The second kappa shape index (κ2) is 7.28. The first kappa shape index (κ1) is 18.7. The van der Waals surface area contributed by atoms with Crippen LogP contribution in [0.15, 0.2) is 36.9 Å². The van der Waals surface area contributed by atoms with E-state index in [0.717, 1.165) is 11.1 Å². The van der Waals surface area contributed by atoms with Gasteiger partial charge in [-0.15, -0.1) is 0 Å². The van der Waals surface area contributed by atoms with Gasteiger partial charge in [0.1, 0.15) is 5.02 Å². The Bertz CT molecular complexity index is 957. The molecule has 1 aliphatic rings. The monoisotopic (exact) mass is 388 g/mol. The van der Waals surface area contributed by atoms with Gasteiger partial charge in [0.15, 0.2) is 11.5 Å². The van der Waals surface area contributed by atoms with Crippen LogP contribution in [0.25, 0.3) is 5.70 Å². The number of methoxy groups -OCH3 is 2. The van der Waals surface area contributed by atoms with Gasteiger partial charge in [0, 0.05) is 29.4 Å². The smallest absolute Gasteiger partial charge is 0.288 e. The average Bonchev–Trinajstić information content (AvgIpc) is 2.67. The molecule has 2 aromatic carbocycles. The lowest BCUT2D eigenvalue weighted by Crippen LogP contribution is -2.34. The second-order valence-electron chi connectivity index (χ2n) is 5.94. The maximum atomic E-state index is 12.9. The molecule has 0 N–H and O–H groups in total. The van der Waals surface area contributed by atoms with Crippen molar-refractivity contribution in [1.82, 2.24) is 4.90 Å². The summed E-state index contributed by atoms with van der Waals surface area (Å²) in [5.41, 5.74) is 2.13. The molecule has 7 nitrogen and oxygen atoms in total. The summed E-state index contributed by atoms with van der Waals surface area (Å²) in [6.45, 7) is 4.44. The van der Waals surface area contributed by atoms with Crippen LogP contribution in [0.2, 0.25) is 5.02 Å². The minimum atomic E-state index is -0.615. The van der Waals surface area contributed by atoms with Crippen molar-refractivity contribution in [1.29, 1.82) is 0 Å². The van der Waals surface area contributed by atoms with Gasteiger partial charge in [-0.2, -0.15) is 0 Å². The highest BCUT2D eigenvalue weighted by molar-refractivity contribution is 6.32. The molecule has 8 heteroatoms. The van der Waals surface area contributed by atoms with Crippen LogP contribution in [0.5, 0.6) is 11.5 Å². The summed E-state index contributed by atoms with van der Waals surface area (Å²) in [4.78, 5) is 24.9. The predicted octanol–water partition coefficient (Wildman–Crippen LogP) is 3.93. The molecule has 2 aromatic rings. The molecular formula is C19H17ClN2O5. The van der Waals surface area contributed by atoms with Gasteiger partial charge in [0.25, 0.3) is 11.6 Å². The van der Waals surface area contributed by atoms with Crippen molar-refractivity contribution in [2.75, 3.05) is 20.8 Å². The van der Waals surface area contributed by atoms with Gasteiger partial charge in [-0.05, 0) is 36.2 Å². The minimum Gasteiger partial charge on any atom is -0.493 e. The molecule has 0 fully saturated rings. The quantitative estimate of drug-likeness (QED) is 0.585. The van der Waals surface area contributed by atoms with Crippen LogP contribution in [0, 0.1) is 10.1 Å². The molecule has 0 aromatic heterocycles. The van der Waals surface area contributed by atoms with Crippen LogP contribution in [-0.2, 0) is 6.42 Å². The first-order chi connectivity index (χ1) is 12.9. The highest BCUT2D eigenvalue weighted by Gasteiger charge is 2.28. The largest absolute Gasteiger partial charge is 0.493 e. The number of fused-ring (bicyclic) bond motifs is 1. The summed E-state index contributed by atoms with van der Waals surface area (Å²) < 4.78 is 10.6. The van der Waals surface area contributed by atoms with E-state index < -0.39 is 4.92 Å². The van der Waals surface area contributed by atoms with E-state index in [0.29, 0.717) is 30.2 Å². The lowest BCUT2D eigenvalue weighted by atomic mass is 9.95. The van der Waals surface area contributed by atoms with Crippen LogP contribution >= 0.6 is 11.6 Å². The van der Waals surface area contributed by atoms with E-state index >= 15 is 0 Å². The average molecular weight is 389 g/mol. The molecule has 3 rings (SSSR count). The van der Waals surface area contributed by atoms with E-state index in [1.54, 1.807) is 13.2 Å². The third-order valence-electron chi connectivity index (χ3n) is 4.49. The Hall–Kier alpha value is -3.06. The number of ether oxygens (including phenoxy) is 2. The first-order valence-corrected chi connectivity index (χ1v) is 8.45. The molecule has 0 saturated heterocycles. The van der Waals surface area contributed by atoms with Gasteiger partial charge in [0.05, 0.1) is 19.1 Å². The van der Waals surface area contributed by atoms with Gasteiger partial charge in [-0.25, -0.2) is 0 Å². The molecule has 0 radical (unpaired) electrons. The Morgan fingerprint density at radius 2 is 1.89 bits per heavy atom. The van der Waals surface area contributed by atoms with E-state index in [2.05, 4.69) is 6.58 Å². The molecule has 0 atom stereocenters. The molecule has 1 heterocycles. The molecule has 0 spiro atoms. The van der Waals surface area contributed by atoms with E-state index in [4.69, 9.17) is 21.1 Å². The Balaban J connectivity index is 1.96. The Morgan fingerprint density at radius 1 is 1.22 bits per heavy atom. The second-order valence-corrected chi connectivity index (χ2v) is 6.35. The highest BCUT2D eigenvalue weighted by Crippen LogP contribution is 2.37. The number of halogens is 1. The van der Waals surface area contributed by atoms with E-state index in [9.17, 15) is 14.9 Å². The van der Waals surface area contributed by atoms with Gasteiger partial charge in [0.2, 0.25) is 0 Å². The molecule has 1 amide bonds. The summed E-state index contributed by atoms with van der Waals surface area (Å²) in [5, 5.41) is 11.1. The molecule has 0 aliphatic carbocycles. The van der Waals surface area contributed by atoms with Crippen molar-refractivity contribution in [3.8, 4) is 11.5 Å². The molecule has 0 unspecified atom stereocenters. The third-order valence-corrected chi connectivity index (χ3v) is 4.81. The fourth-order valence-corrected chi connectivity index (χ4v) is 3.26. The van der Waals surface area contributed by atoms with Crippen molar-refractivity contribution in [3.05, 3.63) is 68.7 Å². The van der Waals surface area contributed by atoms with E-state index in [1.165, 1.54) is 30.2 Å². The fourth-order valence-electron chi connectivity index (χ4n) is 3.07. The van der Waals surface area contributed by atoms with Gasteiger partial charge in [-0.1, -0.05) is 18.2 Å². The molecule has 140 valence electrons. The number of carbonyl (C=O) groups excluding carboxylic acids is 1. The SMILES string of the molecule is C=C1c2cc(OC)c(OC)cc2CCN1C(=O)c1ccc(Cl)c([N+](=O)[O-])c1. The Morgan fingerprint density at radius 3 is 2.52 bits per heavy atom. The molecule has 0 bridgehead atoms. The predicted molar refractivity (Wildman–Crippen MR) is 101 cm³/mol. The Labute approximate surface area is 160 Å². The normalized spacial score (nSPS) is 13.1. The zero-order valence-electron chi connectivity index (χ0n) is 14.8. The number of hydrogen-bond donors (Lipinski definition) is 0. The van der Waals surface area contributed by atoms with Crippen molar-refractivity contribution >= 4 is 28.9 Å². The van der Waals surface area contributed by atoms with Crippen molar-refractivity contribution in [3.63, 3.8) is 0 Å². The number of nitro benzene ring substituents is 1. The molecule has 0 saturated carbocycles. The lowest BCUT2D eigenvalue weighted by molar-refractivity contribution is -0.384. The van der Waals surface area contributed by atoms with E-state index in [1.807, 2.05) is 6.07 Å². The summed E-state index contributed by atoms with van der Waals surface area (Å²) in [6, 6.07) is 7.65. The maximum Gasteiger partial charge on any atom is 0.288 e. The standard InChI is InChI=1S/C19H17ClN2O5/c1-11-14-10-18(27-3)17(26-2)9-12(14)6-7-21(11)19(23)13-4-5-15(20)16(8-13)22(24)25/h4-5,8-10H,1,6-7H2,2-3H3. The lowest BCUT2D eigenvalue weighted by Gasteiger charge is -2.31. The Kier molecular flexibility index (Phi) is 5.05. The van der Waals surface area contributed by atoms with Crippen molar-refractivity contribution < 1.29 is 19.2 Å². The number of nitro groups is 1. The van der Waals surface area contributed by atoms with Gasteiger partial charge >= 0.3 is 0 Å². The van der Waals surface area contributed by atoms with Crippen LogP contribution < -0.4 is 9.47 Å². The number of carbonyl (C=O) groups is 1.